The van der Waals surface area contributed by atoms with Crippen LogP contribution in [-0.2, 0) is 4.79 Å². The molecule has 1 aliphatic heterocycles. The summed E-state index contributed by atoms with van der Waals surface area (Å²) in [4.78, 5) is 11.5. The Morgan fingerprint density at radius 2 is 1.67 bits per heavy atom. The van der Waals surface area contributed by atoms with Gasteiger partial charge in [0.05, 0.1) is 12.1 Å². The lowest BCUT2D eigenvalue weighted by atomic mass is 10.0. The van der Waals surface area contributed by atoms with Crippen molar-refractivity contribution >= 4 is 11.6 Å². The zero-order chi connectivity index (χ0) is 20.8. The third kappa shape index (κ3) is 5.01. The van der Waals surface area contributed by atoms with Crippen molar-refractivity contribution < 1.29 is 9.53 Å². The van der Waals surface area contributed by atoms with Crippen LogP contribution in [0, 0.1) is 0 Å². The van der Waals surface area contributed by atoms with Gasteiger partial charge in [0.2, 0.25) is 5.91 Å². The summed E-state index contributed by atoms with van der Waals surface area (Å²) >= 11 is 0. The van der Waals surface area contributed by atoms with Gasteiger partial charge in [0.15, 0.2) is 0 Å². The Bertz CT molecular complexity index is 953. The van der Waals surface area contributed by atoms with Crippen molar-refractivity contribution in [3.63, 3.8) is 0 Å². The molecule has 4 rings (SSSR count). The fourth-order valence-electron chi connectivity index (χ4n) is 3.88. The van der Waals surface area contributed by atoms with E-state index in [1.165, 1.54) is 11.1 Å². The van der Waals surface area contributed by atoms with Gasteiger partial charge in [-0.25, -0.2) is 0 Å². The van der Waals surface area contributed by atoms with Crippen molar-refractivity contribution in [3.8, 4) is 11.5 Å². The molecule has 2 unspecified atom stereocenters. The highest BCUT2D eigenvalue weighted by Crippen LogP contribution is 2.29. The number of para-hydroxylation sites is 1. The Kier molecular flexibility index (Phi) is 6.33. The maximum atomic E-state index is 11.5. The molecule has 30 heavy (non-hydrogen) atoms. The minimum Gasteiger partial charge on any atom is -0.457 e. The Labute approximate surface area is 178 Å². The normalized spacial score (nSPS) is 16.7. The third-order valence-electron chi connectivity index (χ3n) is 5.49. The summed E-state index contributed by atoms with van der Waals surface area (Å²) in [7, 11) is 0. The van der Waals surface area contributed by atoms with Crippen molar-refractivity contribution in [3.05, 3.63) is 90.0 Å². The number of ether oxygens (including phenoxy) is 1. The smallest absolute Gasteiger partial charge is 0.220 e. The second-order valence-corrected chi connectivity index (χ2v) is 7.75. The summed E-state index contributed by atoms with van der Waals surface area (Å²) in [5.74, 6) is 1.82. The van der Waals surface area contributed by atoms with Crippen molar-refractivity contribution in [2.24, 2.45) is 0 Å². The first-order chi connectivity index (χ1) is 14.7. The summed E-state index contributed by atoms with van der Waals surface area (Å²) in [6.45, 7) is 2.20. The molecule has 2 atom stereocenters. The lowest BCUT2D eigenvalue weighted by molar-refractivity contribution is -0.119. The highest BCUT2D eigenvalue weighted by molar-refractivity contribution is 5.78. The first-order valence-electron chi connectivity index (χ1n) is 10.7. The molecule has 0 radical (unpaired) electrons. The first-order valence-corrected chi connectivity index (χ1v) is 10.7. The number of nitrogens with one attached hydrogen (secondary N) is 2. The fourth-order valence-corrected chi connectivity index (χ4v) is 3.88. The highest BCUT2D eigenvalue weighted by atomic mass is 16.5. The topological polar surface area (TPSA) is 50.4 Å². The summed E-state index contributed by atoms with van der Waals surface area (Å²) in [5, 5.41) is 6.69. The van der Waals surface area contributed by atoms with Crippen molar-refractivity contribution in [1.82, 2.24) is 5.32 Å². The molecule has 1 aliphatic rings. The highest BCUT2D eigenvalue weighted by Gasteiger charge is 2.22. The van der Waals surface area contributed by atoms with E-state index in [1.54, 1.807) is 0 Å². The second kappa shape index (κ2) is 9.49. The number of hydrogen-bond acceptors (Lipinski definition) is 3. The number of amides is 1. The SMILES string of the molecule is CCCC(Nc1ccc(C2CCC(=O)N2)cc1)c1ccc(Oc2ccccc2)cc1. The molecular weight excluding hydrogens is 372 g/mol. The van der Waals surface area contributed by atoms with Gasteiger partial charge in [0, 0.05) is 12.1 Å². The van der Waals surface area contributed by atoms with E-state index in [0.717, 1.165) is 36.4 Å². The molecule has 0 spiro atoms. The van der Waals surface area contributed by atoms with Crippen LogP contribution in [0.15, 0.2) is 78.9 Å². The Hall–Kier alpha value is -3.27. The van der Waals surface area contributed by atoms with E-state index >= 15 is 0 Å². The molecule has 0 aliphatic carbocycles. The molecule has 4 heteroatoms. The molecule has 1 fully saturated rings. The van der Waals surface area contributed by atoms with E-state index in [-0.39, 0.29) is 18.0 Å². The number of hydrogen-bond donors (Lipinski definition) is 2. The maximum Gasteiger partial charge on any atom is 0.220 e. The van der Waals surface area contributed by atoms with Crippen molar-refractivity contribution in [2.45, 2.75) is 44.7 Å². The average molecular weight is 401 g/mol. The molecule has 154 valence electrons. The largest absolute Gasteiger partial charge is 0.457 e. The van der Waals surface area contributed by atoms with E-state index in [4.69, 9.17) is 4.74 Å². The average Bonchev–Trinajstić information content (AvgIpc) is 3.22. The summed E-state index contributed by atoms with van der Waals surface area (Å²) in [5.41, 5.74) is 3.50. The summed E-state index contributed by atoms with van der Waals surface area (Å²) < 4.78 is 5.91. The zero-order valence-corrected chi connectivity index (χ0v) is 17.3. The number of rotatable bonds is 8. The predicted molar refractivity (Wildman–Crippen MR) is 121 cm³/mol. The molecule has 1 heterocycles. The number of carbonyl (C=O) groups excluding carboxylic acids is 1. The number of benzene rings is 3. The third-order valence-corrected chi connectivity index (χ3v) is 5.49. The van der Waals surface area contributed by atoms with Crippen LogP contribution >= 0.6 is 0 Å². The van der Waals surface area contributed by atoms with Gasteiger partial charge in [0.25, 0.3) is 0 Å². The van der Waals surface area contributed by atoms with Crippen molar-refractivity contribution in [1.29, 1.82) is 0 Å². The van der Waals surface area contributed by atoms with Crippen LogP contribution in [-0.4, -0.2) is 5.91 Å². The minimum atomic E-state index is 0.143. The standard InChI is InChI=1S/C26H28N2O2/c1-2-6-24(20-11-15-23(16-12-20)30-22-7-4-3-5-8-22)27-21-13-9-19(10-14-21)25-17-18-26(29)28-25/h3-5,7-16,24-25,27H,2,6,17-18H2,1H3,(H,28,29). The van der Waals surface area contributed by atoms with Gasteiger partial charge in [-0.3, -0.25) is 4.79 Å². The Balaban J connectivity index is 1.42. The molecule has 0 aromatic heterocycles. The van der Waals surface area contributed by atoms with E-state index < -0.39 is 0 Å². The molecule has 0 bridgehead atoms. The van der Waals surface area contributed by atoms with Crippen molar-refractivity contribution in [2.75, 3.05) is 5.32 Å². The fraction of sp³-hybridized carbons (Fsp3) is 0.269. The van der Waals surface area contributed by atoms with Crippen LogP contribution in [0.4, 0.5) is 5.69 Å². The van der Waals surface area contributed by atoms with E-state index in [2.05, 4.69) is 54.0 Å². The molecule has 1 amide bonds. The molecule has 4 nitrogen and oxygen atoms in total. The van der Waals surface area contributed by atoms with Crippen LogP contribution in [0.1, 0.15) is 55.8 Å². The van der Waals surface area contributed by atoms with Crippen LogP contribution in [0.3, 0.4) is 0 Å². The Morgan fingerprint density at radius 3 is 2.30 bits per heavy atom. The summed E-state index contributed by atoms with van der Waals surface area (Å²) in [6, 6.07) is 27.0. The van der Waals surface area contributed by atoms with Gasteiger partial charge in [-0.2, -0.15) is 0 Å². The van der Waals surface area contributed by atoms with Crippen LogP contribution < -0.4 is 15.4 Å². The quantitative estimate of drug-likeness (QED) is 0.461. The zero-order valence-electron chi connectivity index (χ0n) is 17.3. The molecule has 1 saturated heterocycles. The lowest BCUT2D eigenvalue weighted by Crippen LogP contribution is -2.18. The molecule has 0 saturated carbocycles. The second-order valence-electron chi connectivity index (χ2n) is 7.75. The van der Waals surface area contributed by atoms with Gasteiger partial charge in [-0.05, 0) is 60.4 Å². The van der Waals surface area contributed by atoms with E-state index in [9.17, 15) is 4.79 Å². The van der Waals surface area contributed by atoms with Crippen LogP contribution in [0.2, 0.25) is 0 Å². The molecule has 3 aromatic rings. The van der Waals surface area contributed by atoms with Gasteiger partial charge >= 0.3 is 0 Å². The van der Waals surface area contributed by atoms with Gasteiger partial charge in [-0.1, -0.05) is 55.8 Å². The van der Waals surface area contributed by atoms with Gasteiger partial charge < -0.3 is 15.4 Å². The lowest BCUT2D eigenvalue weighted by Gasteiger charge is -2.21. The number of anilines is 1. The summed E-state index contributed by atoms with van der Waals surface area (Å²) in [6.07, 6.45) is 3.63. The molecule has 2 N–H and O–H groups in total. The Morgan fingerprint density at radius 1 is 0.967 bits per heavy atom. The minimum absolute atomic E-state index is 0.143. The first kappa shape index (κ1) is 20.0. The maximum absolute atomic E-state index is 11.5. The molecule has 3 aromatic carbocycles. The van der Waals surface area contributed by atoms with E-state index in [0.29, 0.717) is 6.42 Å². The number of carbonyl (C=O) groups is 1. The predicted octanol–water partition coefficient (Wildman–Crippen LogP) is 6.38. The van der Waals surface area contributed by atoms with E-state index in [1.807, 2.05) is 42.5 Å². The van der Waals surface area contributed by atoms with Gasteiger partial charge in [0.1, 0.15) is 11.5 Å². The van der Waals surface area contributed by atoms with Crippen LogP contribution in [0.5, 0.6) is 11.5 Å². The molecular formula is C26H28N2O2. The monoisotopic (exact) mass is 400 g/mol. The van der Waals surface area contributed by atoms with Gasteiger partial charge in [-0.15, -0.1) is 0 Å². The van der Waals surface area contributed by atoms with Crippen LogP contribution in [0.25, 0.3) is 0 Å².